The second-order valence-electron chi connectivity index (χ2n) is 7.62. The minimum Gasteiger partial charge on any atom is -0.354 e. The molecule has 0 fully saturated rings. The van der Waals surface area contributed by atoms with E-state index in [2.05, 4.69) is 49.7 Å². The van der Waals surface area contributed by atoms with Crippen LogP contribution in [0.4, 0.5) is 0 Å². The number of hydrogen-bond acceptors (Lipinski definition) is 3. The molecule has 1 aliphatic rings. The molecule has 0 aliphatic carbocycles. The Morgan fingerprint density at radius 3 is 2.50 bits per heavy atom. The Balaban J connectivity index is 1.63. The van der Waals surface area contributed by atoms with E-state index in [1.807, 2.05) is 24.3 Å². The van der Waals surface area contributed by atoms with E-state index in [1.54, 1.807) is 16.7 Å². The van der Waals surface area contributed by atoms with E-state index in [9.17, 15) is 9.59 Å². The second-order valence-corrected chi connectivity index (χ2v) is 8.50. The highest BCUT2D eigenvalue weighted by atomic mass is 32.2. The minimum atomic E-state index is -0.432. The zero-order valence-electron chi connectivity index (χ0n) is 16.8. The number of rotatable bonds is 8. The summed E-state index contributed by atoms with van der Waals surface area (Å²) >= 11 is 1.72. The van der Waals surface area contributed by atoms with Crippen molar-refractivity contribution in [3.63, 3.8) is 0 Å². The molecule has 0 bridgehead atoms. The van der Waals surface area contributed by atoms with Crippen molar-refractivity contribution in [2.45, 2.75) is 44.2 Å². The summed E-state index contributed by atoms with van der Waals surface area (Å²) in [5.74, 6) is 0.228. The van der Waals surface area contributed by atoms with Crippen molar-refractivity contribution in [1.29, 1.82) is 0 Å². The van der Waals surface area contributed by atoms with Crippen LogP contribution in [0.25, 0.3) is 0 Å². The van der Waals surface area contributed by atoms with Crippen LogP contribution in [0.2, 0.25) is 0 Å². The van der Waals surface area contributed by atoms with Crippen molar-refractivity contribution in [1.82, 2.24) is 10.2 Å². The van der Waals surface area contributed by atoms with Gasteiger partial charge in [0.25, 0.3) is 5.91 Å². The second kappa shape index (κ2) is 9.28. The number of benzene rings is 2. The standard InChI is InChI=1S/C23H28N2O2S/c1-16(2)14-21(25-15-18-6-4-5-7-20(18)23(25)27)22(26)24-13-12-17-8-10-19(28-3)11-9-17/h4-11,16,21H,12-15H2,1-3H3,(H,24,26)/t21-/m1/s1. The predicted octanol–water partition coefficient (Wildman–Crippen LogP) is 4.14. The van der Waals surface area contributed by atoms with Crippen molar-refractivity contribution in [3.8, 4) is 0 Å². The predicted molar refractivity (Wildman–Crippen MR) is 114 cm³/mol. The van der Waals surface area contributed by atoms with Crippen LogP contribution in [-0.4, -0.2) is 35.6 Å². The van der Waals surface area contributed by atoms with E-state index in [-0.39, 0.29) is 11.8 Å². The quantitative estimate of drug-likeness (QED) is 0.683. The van der Waals surface area contributed by atoms with Crippen LogP contribution >= 0.6 is 11.8 Å². The van der Waals surface area contributed by atoms with Crippen molar-refractivity contribution in [2.75, 3.05) is 12.8 Å². The third kappa shape index (κ3) is 4.76. The van der Waals surface area contributed by atoms with Crippen LogP contribution in [0.5, 0.6) is 0 Å². The maximum atomic E-state index is 12.9. The summed E-state index contributed by atoms with van der Waals surface area (Å²) < 4.78 is 0. The molecule has 0 radical (unpaired) electrons. The van der Waals surface area contributed by atoms with Crippen molar-refractivity contribution in [3.05, 3.63) is 65.2 Å². The fourth-order valence-electron chi connectivity index (χ4n) is 3.59. The molecule has 1 heterocycles. The van der Waals surface area contributed by atoms with Gasteiger partial charge in [-0.05, 0) is 54.3 Å². The molecular formula is C23H28N2O2S. The summed E-state index contributed by atoms with van der Waals surface area (Å²) in [6, 6.07) is 15.6. The lowest BCUT2D eigenvalue weighted by Crippen LogP contribution is -2.48. The molecule has 1 atom stereocenters. The number of fused-ring (bicyclic) bond motifs is 1. The molecule has 1 aliphatic heterocycles. The van der Waals surface area contributed by atoms with E-state index in [0.29, 0.717) is 25.4 Å². The molecule has 0 spiro atoms. The van der Waals surface area contributed by atoms with E-state index >= 15 is 0 Å². The normalized spacial score (nSPS) is 14.3. The van der Waals surface area contributed by atoms with Gasteiger partial charge < -0.3 is 10.2 Å². The first-order valence-corrected chi connectivity index (χ1v) is 11.0. The first kappa shape index (κ1) is 20.5. The van der Waals surface area contributed by atoms with Gasteiger partial charge in [-0.3, -0.25) is 9.59 Å². The molecule has 4 nitrogen and oxygen atoms in total. The fourth-order valence-corrected chi connectivity index (χ4v) is 4.00. The lowest BCUT2D eigenvalue weighted by molar-refractivity contribution is -0.126. The summed E-state index contributed by atoms with van der Waals surface area (Å²) in [7, 11) is 0. The van der Waals surface area contributed by atoms with E-state index < -0.39 is 6.04 Å². The van der Waals surface area contributed by atoms with E-state index in [1.165, 1.54) is 10.5 Å². The van der Waals surface area contributed by atoms with Crippen LogP contribution in [0.3, 0.4) is 0 Å². The Kier molecular flexibility index (Phi) is 6.79. The molecule has 2 amide bonds. The molecule has 0 saturated carbocycles. The summed E-state index contributed by atoms with van der Waals surface area (Å²) in [5, 5.41) is 3.05. The molecular weight excluding hydrogens is 368 g/mol. The summed E-state index contributed by atoms with van der Waals surface area (Å²) in [6.45, 7) is 5.25. The third-order valence-corrected chi connectivity index (χ3v) is 5.84. The van der Waals surface area contributed by atoms with E-state index in [4.69, 9.17) is 0 Å². The lowest BCUT2D eigenvalue weighted by Gasteiger charge is -2.28. The van der Waals surface area contributed by atoms with Crippen molar-refractivity contribution >= 4 is 23.6 Å². The smallest absolute Gasteiger partial charge is 0.255 e. The van der Waals surface area contributed by atoms with Crippen LogP contribution in [0.1, 0.15) is 41.8 Å². The Labute approximate surface area is 171 Å². The van der Waals surface area contributed by atoms with Crippen molar-refractivity contribution < 1.29 is 9.59 Å². The fraction of sp³-hybridized carbons (Fsp3) is 0.391. The number of nitrogens with one attached hydrogen (secondary N) is 1. The maximum Gasteiger partial charge on any atom is 0.255 e. The molecule has 2 aromatic carbocycles. The molecule has 1 N–H and O–H groups in total. The number of carbonyl (C=O) groups is 2. The third-order valence-electron chi connectivity index (χ3n) is 5.09. The van der Waals surface area contributed by atoms with Gasteiger partial charge in [0.15, 0.2) is 0 Å². The average Bonchev–Trinajstić information content (AvgIpc) is 3.03. The minimum absolute atomic E-state index is 0.0379. The van der Waals surface area contributed by atoms with Gasteiger partial charge in [-0.15, -0.1) is 11.8 Å². The highest BCUT2D eigenvalue weighted by Crippen LogP contribution is 2.26. The SMILES string of the molecule is CSc1ccc(CCNC(=O)[C@@H](CC(C)C)N2Cc3ccccc3C2=O)cc1. The van der Waals surface area contributed by atoms with Crippen LogP contribution in [0, 0.1) is 5.92 Å². The number of hydrogen-bond donors (Lipinski definition) is 1. The Morgan fingerprint density at radius 1 is 1.14 bits per heavy atom. The number of thioether (sulfide) groups is 1. The summed E-state index contributed by atoms with van der Waals surface area (Å²) in [6.07, 6.45) is 3.50. The molecule has 0 unspecified atom stereocenters. The topological polar surface area (TPSA) is 49.4 Å². The van der Waals surface area contributed by atoms with Gasteiger partial charge in [0.2, 0.25) is 5.91 Å². The van der Waals surface area contributed by atoms with Gasteiger partial charge in [0, 0.05) is 23.5 Å². The Bertz CT molecular complexity index is 833. The largest absolute Gasteiger partial charge is 0.354 e. The van der Waals surface area contributed by atoms with Gasteiger partial charge in [-0.2, -0.15) is 0 Å². The molecule has 3 rings (SSSR count). The number of carbonyl (C=O) groups excluding carboxylic acids is 2. The highest BCUT2D eigenvalue weighted by Gasteiger charge is 2.36. The first-order chi connectivity index (χ1) is 13.5. The Morgan fingerprint density at radius 2 is 1.86 bits per heavy atom. The number of nitrogens with zero attached hydrogens (tertiary/aromatic N) is 1. The first-order valence-electron chi connectivity index (χ1n) is 9.79. The lowest BCUT2D eigenvalue weighted by atomic mass is 10.0. The zero-order valence-corrected chi connectivity index (χ0v) is 17.6. The van der Waals surface area contributed by atoms with Crippen LogP contribution < -0.4 is 5.32 Å². The molecule has 0 saturated heterocycles. The molecule has 5 heteroatoms. The summed E-state index contributed by atoms with van der Waals surface area (Å²) in [5.41, 5.74) is 2.92. The molecule has 28 heavy (non-hydrogen) atoms. The average molecular weight is 397 g/mol. The van der Waals surface area contributed by atoms with Crippen LogP contribution in [-0.2, 0) is 17.8 Å². The Hall–Kier alpha value is -2.27. The molecule has 2 aromatic rings. The maximum absolute atomic E-state index is 12.9. The van der Waals surface area contributed by atoms with Crippen molar-refractivity contribution in [2.24, 2.45) is 5.92 Å². The number of amides is 2. The van der Waals surface area contributed by atoms with Crippen LogP contribution in [0.15, 0.2) is 53.4 Å². The molecule has 148 valence electrons. The van der Waals surface area contributed by atoms with Gasteiger partial charge in [-0.25, -0.2) is 0 Å². The highest BCUT2D eigenvalue weighted by molar-refractivity contribution is 7.98. The van der Waals surface area contributed by atoms with Gasteiger partial charge in [0.05, 0.1) is 0 Å². The molecule has 0 aromatic heterocycles. The van der Waals surface area contributed by atoms with Gasteiger partial charge in [0.1, 0.15) is 6.04 Å². The van der Waals surface area contributed by atoms with E-state index in [0.717, 1.165) is 17.5 Å². The van der Waals surface area contributed by atoms with Gasteiger partial charge in [-0.1, -0.05) is 44.2 Å². The summed E-state index contributed by atoms with van der Waals surface area (Å²) in [4.78, 5) is 28.7. The van der Waals surface area contributed by atoms with Gasteiger partial charge >= 0.3 is 0 Å². The monoisotopic (exact) mass is 396 g/mol. The zero-order chi connectivity index (χ0) is 20.1.